The van der Waals surface area contributed by atoms with E-state index in [4.69, 9.17) is 4.98 Å². The van der Waals surface area contributed by atoms with Crippen LogP contribution >= 0.6 is 0 Å². The molecule has 2 aliphatic carbocycles. The number of allylic oxidation sites excluding steroid dienone is 4. The Morgan fingerprint density at radius 1 is 1.34 bits per heavy atom. The van der Waals surface area contributed by atoms with Crippen LogP contribution in [0.5, 0.6) is 0 Å². The number of pyridine rings is 1. The predicted molar refractivity (Wildman–Crippen MR) is 131 cm³/mol. The van der Waals surface area contributed by atoms with Crippen LogP contribution in [0.1, 0.15) is 106 Å². The van der Waals surface area contributed by atoms with Crippen molar-refractivity contribution in [3.8, 4) is 0 Å². The maximum absolute atomic E-state index is 11.4. The highest BCUT2D eigenvalue weighted by molar-refractivity contribution is 5.75. The van der Waals surface area contributed by atoms with Crippen molar-refractivity contribution in [2.45, 2.75) is 84.3 Å². The van der Waals surface area contributed by atoms with E-state index >= 15 is 0 Å². The van der Waals surface area contributed by atoms with Gasteiger partial charge in [-0.2, -0.15) is 0 Å². The van der Waals surface area contributed by atoms with Crippen LogP contribution < -0.4 is 0 Å². The third-order valence-corrected chi connectivity index (χ3v) is 6.55. The average Bonchev–Trinajstić information content (AvgIpc) is 3.25. The minimum absolute atomic E-state index is 0.00392. The second-order valence-electron chi connectivity index (χ2n) is 10.3. The molecule has 1 aromatic heterocycles. The van der Waals surface area contributed by atoms with Crippen molar-refractivity contribution in [2.24, 2.45) is 5.41 Å². The first-order valence-corrected chi connectivity index (χ1v) is 11.9. The van der Waals surface area contributed by atoms with Crippen LogP contribution in [0.3, 0.4) is 0 Å². The largest absolute Gasteiger partial charge is 0.392 e. The third-order valence-electron chi connectivity index (χ3n) is 6.55. The van der Waals surface area contributed by atoms with Crippen LogP contribution in [0.4, 0.5) is 0 Å². The number of aliphatic hydroxyl groups excluding tert-OH is 3. The fraction of sp³-hybridized carbons (Fsp3) is 0.536. The molecule has 2 atom stereocenters. The van der Waals surface area contributed by atoms with Crippen LogP contribution in [0, 0.1) is 5.41 Å². The lowest BCUT2D eigenvalue weighted by atomic mass is 9.71. The quantitative estimate of drug-likeness (QED) is 0.445. The van der Waals surface area contributed by atoms with E-state index in [1.165, 1.54) is 5.57 Å². The standard InChI is InChI=1S/C28H39NO3/c1-6-10-19(17-30)11-9-14-22(31)26-24(20-12-7-8-13-20)25-21(29-27(26)18(2)3)15-28(4,5)16-23(25)32/h6,9-12,18,22-23,30-32H,1,7-8,13-17H2,2-5H3/b11-9-,19-10+. The molecular formula is C28H39NO3. The van der Waals surface area contributed by atoms with Crippen molar-refractivity contribution in [3.05, 3.63) is 70.6 Å². The van der Waals surface area contributed by atoms with Crippen molar-refractivity contribution < 1.29 is 15.3 Å². The first kappa shape index (κ1) is 24.6. The first-order chi connectivity index (χ1) is 15.2. The Hall–Kier alpha value is -2.01. The number of fused-ring (bicyclic) bond motifs is 1. The van der Waals surface area contributed by atoms with Gasteiger partial charge in [0.15, 0.2) is 0 Å². The zero-order valence-electron chi connectivity index (χ0n) is 20.1. The Balaban J connectivity index is 2.14. The minimum Gasteiger partial charge on any atom is -0.392 e. The summed E-state index contributed by atoms with van der Waals surface area (Å²) in [6.07, 6.45) is 13.2. The third kappa shape index (κ3) is 5.31. The summed E-state index contributed by atoms with van der Waals surface area (Å²) in [6.45, 7) is 12.2. The molecule has 0 saturated carbocycles. The number of nitrogens with zero attached hydrogens (tertiary/aromatic N) is 1. The van der Waals surface area contributed by atoms with E-state index < -0.39 is 12.2 Å². The topological polar surface area (TPSA) is 73.6 Å². The van der Waals surface area contributed by atoms with Gasteiger partial charge in [-0.3, -0.25) is 4.98 Å². The zero-order valence-corrected chi connectivity index (χ0v) is 20.1. The lowest BCUT2D eigenvalue weighted by molar-refractivity contribution is 0.0969. The molecule has 4 heteroatoms. The number of rotatable bonds is 8. The van der Waals surface area contributed by atoms with Crippen LogP contribution in [-0.4, -0.2) is 26.9 Å². The summed E-state index contributed by atoms with van der Waals surface area (Å²) in [4.78, 5) is 5.06. The molecule has 1 aromatic rings. The number of aliphatic hydroxyl groups is 3. The maximum Gasteiger partial charge on any atom is 0.0848 e. The van der Waals surface area contributed by atoms with E-state index in [1.807, 2.05) is 12.2 Å². The zero-order chi connectivity index (χ0) is 23.5. The minimum atomic E-state index is -0.733. The molecule has 0 saturated heterocycles. The smallest absolute Gasteiger partial charge is 0.0848 e. The van der Waals surface area contributed by atoms with Gasteiger partial charge in [-0.05, 0) is 66.6 Å². The van der Waals surface area contributed by atoms with Crippen LogP contribution in [0.2, 0.25) is 0 Å². The maximum atomic E-state index is 11.4. The molecule has 0 amide bonds. The molecule has 0 aromatic carbocycles. The van der Waals surface area contributed by atoms with Gasteiger partial charge in [-0.1, -0.05) is 64.7 Å². The second-order valence-corrected chi connectivity index (χ2v) is 10.3. The predicted octanol–water partition coefficient (Wildman–Crippen LogP) is 5.86. The van der Waals surface area contributed by atoms with Gasteiger partial charge in [0.25, 0.3) is 0 Å². The van der Waals surface area contributed by atoms with Gasteiger partial charge in [0.1, 0.15) is 0 Å². The van der Waals surface area contributed by atoms with Gasteiger partial charge in [0, 0.05) is 22.5 Å². The van der Waals surface area contributed by atoms with Crippen molar-refractivity contribution >= 4 is 5.57 Å². The molecular weight excluding hydrogens is 398 g/mol. The Bertz CT molecular complexity index is 936. The highest BCUT2D eigenvalue weighted by Crippen LogP contribution is 2.48. The van der Waals surface area contributed by atoms with Crippen molar-refractivity contribution in [1.82, 2.24) is 4.98 Å². The van der Waals surface area contributed by atoms with E-state index in [0.717, 1.165) is 59.3 Å². The van der Waals surface area contributed by atoms with Crippen LogP contribution in [0.15, 0.2) is 42.5 Å². The van der Waals surface area contributed by atoms with Crippen LogP contribution in [0.25, 0.3) is 5.57 Å². The van der Waals surface area contributed by atoms with E-state index in [9.17, 15) is 15.3 Å². The highest BCUT2D eigenvalue weighted by Gasteiger charge is 2.37. The molecule has 4 nitrogen and oxygen atoms in total. The molecule has 3 rings (SSSR count). The van der Waals surface area contributed by atoms with E-state index in [2.05, 4.69) is 40.3 Å². The Kier molecular flexibility index (Phi) is 7.92. The van der Waals surface area contributed by atoms with Crippen LogP contribution in [-0.2, 0) is 6.42 Å². The number of aromatic nitrogens is 1. The summed E-state index contributed by atoms with van der Waals surface area (Å²) in [5.41, 5.74) is 6.75. The summed E-state index contributed by atoms with van der Waals surface area (Å²) in [5, 5.41) is 32.1. The molecule has 0 bridgehead atoms. The average molecular weight is 438 g/mol. The fourth-order valence-corrected chi connectivity index (χ4v) is 5.13. The number of hydrogen-bond donors (Lipinski definition) is 3. The highest BCUT2D eigenvalue weighted by atomic mass is 16.3. The van der Waals surface area contributed by atoms with E-state index in [0.29, 0.717) is 12.8 Å². The molecule has 2 aliphatic rings. The lowest BCUT2D eigenvalue weighted by Crippen LogP contribution is -2.29. The molecule has 1 heterocycles. The van der Waals surface area contributed by atoms with Crippen molar-refractivity contribution in [3.63, 3.8) is 0 Å². The summed E-state index contributed by atoms with van der Waals surface area (Å²) in [6, 6.07) is 0. The van der Waals surface area contributed by atoms with Gasteiger partial charge < -0.3 is 15.3 Å². The first-order valence-electron chi connectivity index (χ1n) is 11.9. The monoisotopic (exact) mass is 437 g/mol. The normalized spacial score (nSPS) is 21.7. The van der Waals surface area contributed by atoms with Gasteiger partial charge >= 0.3 is 0 Å². The molecule has 0 spiro atoms. The van der Waals surface area contributed by atoms with E-state index in [1.54, 1.807) is 12.2 Å². The van der Waals surface area contributed by atoms with Gasteiger partial charge in [0.05, 0.1) is 18.8 Å². The number of hydrogen-bond acceptors (Lipinski definition) is 4. The van der Waals surface area contributed by atoms with Gasteiger partial charge in [0.2, 0.25) is 0 Å². The molecule has 2 unspecified atom stereocenters. The van der Waals surface area contributed by atoms with Crippen molar-refractivity contribution in [1.29, 1.82) is 0 Å². The molecule has 0 aliphatic heterocycles. The Morgan fingerprint density at radius 2 is 2.09 bits per heavy atom. The van der Waals surface area contributed by atoms with Gasteiger partial charge in [-0.15, -0.1) is 0 Å². The van der Waals surface area contributed by atoms with E-state index in [-0.39, 0.29) is 17.9 Å². The molecule has 0 fully saturated rings. The summed E-state index contributed by atoms with van der Waals surface area (Å²) < 4.78 is 0. The summed E-state index contributed by atoms with van der Waals surface area (Å²) in [5.74, 6) is 0.158. The Labute approximate surface area is 193 Å². The second kappa shape index (κ2) is 10.3. The van der Waals surface area contributed by atoms with Gasteiger partial charge in [-0.25, -0.2) is 0 Å². The SMILES string of the molecule is C=C/C=C(\C=C/CC(O)c1c(C(C)C)nc2c(c1C1=CCCC1)C(O)CC(C)(C)C2)CO. The Morgan fingerprint density at radius 3 is 2.69 bits per heavy atom. The summed E-state index contributed by atoms with van der Waals surface area (Å²) in [7, 11) is 0. The van der Waals surface area contributed by atoms with Crippen molar-refractivity contribution in [2.75, 3.05) is 6.61 Å². The molecule has 174 valence electrons. The summed E-state index contributed by atoms with van der Waals surface area (Å²) >= 11 is 0. The molecule has 3 N–H and O–H groups in total. The fourth-order valence-electron chi connectivity index (χ4n) is 5.13. The molecule has 0 radical (unpaired) electrons. The molecule has 32 heavy (non-hydrogen) atoms. The lowest BCUT2D eigenvalue weighted by Gasteiger charge is -2.37.